The monoisotopic (exact) mass is 246 g/mol. The van der Waals surface area contributed by atoms with Crippen molar-refractivity contribution < 1.29 is 0 Å². The Labute approximate surface area is 111 Å². The van der Waals surface area contributed by atoms with Gasteiger partial charge in [0.1, 0.15) is 0 Å². The molecule has 1 unspecified atom stereocenters. The highest BCUT2D eigenvalue weighted by atomic mass is 14.9. The van der Waals surface area contributed by atoms with Gasteiger partial charge in [-0.2, -0.15) is 0 Å². The van der Waals surface area contributed by atoms with Crippen LogP contribution in [0.1, 0.15) is 62.6 Å². The summed E-state index contributed by atoms with van der Waals surface area (Å²) in [6, 6.07) is 2.79. The van der Waals surface area contributed by atoms with Gasteiger partial charge in [0, 0.05) is 18.4 Å². The van der Waals surface area contributed by atoms with Crippen LogP contribution in [-0.4, -0.2) is 11.5 Å². The van der Waals surface area contributed by atoms with Crippen LogP contribution in [0.2, 0.25) is 0 Å². The molecule has 2 nitrogen and oxygen atoms in total. The second-order valence-electron chi connectivity index (χ2n) is 5.69. The molecule has 0 bridgehead atoms. The molecule has 0 saturated heterocycles. The van der Waals surface area contributed by atoms with Crippen molar-refractivity contribution in [2.75, 3.05) is 6.54 Å². The zero-order valence-electron chi connectivity index (χ0n) is 11.8. The molecule has 1 heterocycles. The second kappa shape index (κ2) is 6.89. The molecule has 2 rings (SSSR count). The van der Waals surface area contributed by atoms with E-state index in [9.17, 15) is 0 Å². The number of hydrogen-bond acceptors (Lipinski definition) is 2. The normalized spacial score (nSPS) is 18.1. The Morgan fingerprint density at radius 2 is 2.11 bits per heavy atom. The molecule has 1 N–H and O–H groups in total. The first-order chi connectivity index (χ1) is 8.79. The predicted octanol–water partition coefficient (Wildman–Crippen LogP) is 4.01. The van der Waals surface area contributed by atoms with Gasteiger partial charge in [-0.05, 0) is 43.4 Å². The minimum Gasteiger partial charge on any atom is -0.310 e. The van der Waals surface area contributed by atoms with Gasteiger partial charge in [0.2, 0.25) is 0 Å². The maximum absolute atomic E-state index is 4.35. The highest BCUT2D eigenvalue weighted by Crippen LogP contribution is 2.32. The van der Waals surface area contributed by atoms with Gasteiger partial charge in [-0.3, -0.25) is 4.98 Å². The first-order valence-corrected chi connectivity index (χ1v) is 7.44. The molecule has 1 saturated carbocycles. The van der Waals surface area contributed by atoms with Crippen molar-refractivity contribution in [1.29, 1.82) is 0 Å². The number of hydrogen-bond donors (Lipinski definition) is 1. The molecule has 18 heavy (non-hydrogen) atoms. The number of aromatic nitrogens is 1. The first kappa shape index (κ1) is 13.5. The lowest BCUT2D eigenvalue weighted by atomic mass is 9.94. The first-order valence-electron chi connectivity index (χ1n) is 7.44. The van der Waals surface area contributed by atoms with Crippen LogP contribution in [0.5, 0.6) is 0 Å². The average Bonchev–Trinajstić information content (AvgIpc) is 2.87. The smallest absolute Gasteiger partial charge is 0.0338 e. The fourth-order valence-electron chi connectivity index (χ4n) is 3.00. The van der Waals surface area contributed by atoms with Crippen LogP contribution in [0.4, 0.5) is 0 Å². The van der Waals surface area contributed by atoms with E-state index in [0.717, 1.165) is 12.5 Å². The van der Waals surface area contributed by atoms with Gasteiger partial charge in [0.05, 0.1) is 0 Å². The largest absolute Gasteiger partial charge is 0.310 e. The Bertz CT molecular complexity index is 356. The van der Waals surface area contributed by atoms with E-state index < -0.39 is 0 Å². The molecule has 0 spiro atoms. The van der Waals surface area contributed by atoms with Gasteiger partial charge in [0.25, 0.3) is 0 Å². The maximum Gasteiger partial charge on any atom is 0.0338 e. The Balaban J connectivity index is 2.03. The number of nitrogens with one attached hydrogen (secondary N) is 1. The van der Waals surface area contributed by atoms with Crippen LogP contribution in [0.15, 0.2) is 18.5 Å². The highest BCUT2D eigenvalue weighted by molar-refractivity contribution is 5.20. The zero-order valence-corrected chi connectivity index (χ0v) is 11.8. The quantitative estimate of drug-likeness (QED) is 0.820. The zero-order chi connectivity index (χ0) is 12.8. The van der Waals surface area contributed by atoms with Crippen LogP contribution in [0, 0.1) is 12.8 Å². The van der Waals surface area contributed by atoms with E-state index in [1.165, 1.54) is 49.7 Å². The molecule has 1 aromatic rings. The van der Waals surface area contributed by atoms with Crippen LogP contribution in [0.3, 0.4) is 0 Å². The Morgan fingerprint density at radius 3 is 2.78 bits per heavy atom. The molecule has 2 heteroatoms. The van der Waals surface area contributed by atoms with Gasteiger partial charge in [-0.15, -0.1) is 0 Å². The van der Waals surface area contributed by atoms with Gasteiger partial charge in [-0.25, -0.2) is 0 Å². The molecule has 0 aliphatic heterocycles. The summed E-state index contributed by atoms with van der Waals surface area (Å²) in [5.74, 6) is 0.917. The lowest BCUT2D eigenvalue weighted by Crippen LogP contribution is -2.24. The summed E-state index contributed by atoms with van der Waals surface area (Å²) in [6.45, 7) is 5.46. The van der Waals surface area contributed by atoms with Crippen LogP contribution < -0.4 is 5.32 Å². The third-order valence-corrected chi connectivity index (χ3v) is 3.98. The molecule has 0 aromatic carbocycles. The molecule has 1 aliphatic carbocycles. The molecule has 1 atom stereocenters. The fraction of sp³-hybridized carbons (Fsp3) is 0.688. The minimum absolute atomic E-state index is 0.500. The minimum atomic E-state index is 0.500. The lowest BCUT2D eigenvalue weighted by Gasteiger charge is -2.22. The van der Waals surface area contributed by atoms with Crippen LogP contribution in [0.25, 0.3) is 0 Å². The highest BCUT2D eigenvalue weighted by Gasteiger charge is 2.21. The molecule has 1 fully saturated rings. The van der Waals surface area contributed by atoms with Crippen LogP contribution >= 0.6 is 0 Å². The van der Waals surface area contributed by atoms with Gasteiger partial charge in [-0.1, -0.05) is 38.7 Å². The van der Waals surface area contributed by atoms with Crippen molar-refractivity contribution >= 4 is 0 Å². The summed E-state index contributed by atoms with van der Waals surface area (Å²) in [4.78, 5) is 4.35. The van der Waals surface area contributed by atoms with Crippen molar-refractivity contribution in [3.63, 3.8) is 0 Å². The third kappa shape index (κ3) is 3.81. The molecular formula is C16H26N2. The average molecular weight is 246 g/mol. The van der Waals surface area contributed by atoms with Gasteiger partial charge < -0.3 is 5.32 Å². The van der Waals surface area contributed by atoms with Gasteiger partial charge in [0.15, 0.2) is 0 Å². The summed E-state index contributed by atoms with van der Waals surface area (Å²) >= 11 is 0. The number of pyridine rings is 1. The molecule has 100 valence electrons. The summed E-state index contributed by atoms with van der Waals surface area (Å²) in [5.41, 5.74) is 2.64. The van der Waals surface area contributed by atoms with Gasteiger partial charge >= 0.3 is 0 Å². The summed E-state index contributed by atoms with van der Waals surface area (Å²) in [6.07, 6.45) is 12.2. The summed E-state index contributed by atoms with van der Waals surface area (Å²) in [7, 11) is 0. The van der Waals surface area contributed by atoms with Crippen molar-refractivity contribution in [3.05, 3.63) is 29.6 Å². The van der Waals surface area contributed by atoms with Crippen molar-refractivity contribution in [2.45, 2.75) is 58.4 Å². The lowest BCUT2D eigenvalue weighted by molar-refractivity contribution is 0.394. The Kier molecular flexibility index (Phi) is 5.18. The predicted molar refractivity (Wildman–Crippen MR) is 76.6 cm³/mol. The van der Waals surface area contributed by atoms with Crippen LogP contribution in [-0.2, 0) is 0 Å². The summed E-state index contributed by atoms with van der Waals surface area (Å²) < 4.78 is 0. The van der Waals surface area contributed by atoms with E-state index in [0.29, 0.717) is 6.04 Å². The number of rotatable bonds is 6. The van der Waals surface area contributed by atoms with E-state index in [2.05, 4.69) is 30.2 Å². The number of nitrogens with zero attached hydrogens (tertiary/aromatic N) is 1. The van der Waals surface area contributed by atoms with Crippen molar-refractivity contribution in [3.8, 4) is 0 Å². The third-order valence-electron chi connectivity index (χ3n) is 3.98. The van der Waals surface area contributed by atoms with E-state index in [1.807, 2.05) is 12.4 Å². The standard InChI is InChI=1S/C16H26N2/c1-3-8-18-16(10-14-6-4-5-7-14)15-9-13(2)11-17-12-15/h9,11-12,14,16,18H,3-8,10H2,1-2H3. The van der Waals surface area contributed by atoms with E-state index in [1.54, 1.807) is 0 Å². The number of aryl methyl sites for hydroxylation is 1. The molecular weight excluding hydrogens is 220 g/mol. The van der Waals surface area contributed by atoms with E-state index in [4.69, 9.17) is 0 Å². The van der Waals surface area contributed by atoms with E-state index in [-0.39, 0.29) is 0 Å². The topological polar surface area (TPSA) is 24.9 Å². The second-order valence-corrected chi connectivity index (χ2v) is 5.69. The molecule has 0 radical (unpaired) electrons. The fourth-order valence-corrected chi connectivity index (χ4v) is 3.00. The van der Waals surface area contributed by atoms with Crippen molar-refractivity contribution in [2.24, 2.45) is 5.92 Å². The molecule has 0 amide bonds. The maximum atomic E-state index is 4.35. The SMILES string of the molecule is CCCNC(CC1CCCC1)c1cncc(C)c1. The van der Waals surface area contributed by atoms with Crippen molar-refractivity contribution in [1.82, 2.24) is 10.3 Å². The Hall–Kier alpha value is -0.890. The molecule has 1 aliphatic rings. The summed E-state index contributed by atoms with van der Waals surface area (Å²) in [5, 5.41) is 3.70. The molecule has 1 aromatic heterocycles. The Morgan fingerprint density at radius 1 is 1.33 bits per heavy atom. The van der Waals surface area contributed by atoms with E-state index >= 15 is 0 Å².